The van der Waals surface area contributed by atoms with Gasteiger partial charge in [-0.25, -0.2) is 4.79 Å². The van der Waals surface area contributed by atoms with Gasteiger partial charge >= 0.3 is 6.03 Å². The summed E-state index contributed by atoms with van der Waals surface area (Å²) in [5.41, 5.74) is 5.04. The molecule has 0 unspecified atom stereocenters. The molecule has 0 saturated carbocycles. The van der Waals surface area contributed by atoms with E-state index in [1.165, 1.54) is 11.1 Å². The number of piperidine rings is 1. The summed E-state index contributed by atoms with van der Waals surface area (Å²) in [7, 11) is 3.55. The van der Waals surface area contributed by atoms with Crippen molar-refractivity contribution in [2.24, 2.45) is 0 Å². The molecule has 2 aromatic carbocycles. The van der Waals surface area contributed by atoms with E-state index in [2.05, 4.69) is 10.6 Å². The quantitative estimate of drug-likeness (QED) is 0.336. The second kappa shape index (κ2) is 14.1. The molecule has 2 aromatic rings. The first-order valence-electron chi connectivity index (χ1n) is 14.6. The van der Waals surface area contributed by atoms with Crippen LogP contribution in [-0.4, -0.2) is 103 Å². The van der Waals surface area contributed by atoms with Gasteiger partial charge in [-0.05, 0) is 68.5 Å². The van der Waals surface area contributed by atoms with Crippen LogP contribution in [0.4, 0.5) is 10.5 Å². The van der Waals surface area contributed by atoms with Crippen molar-refractivity contribution in [3.05, 3.63) is 70.9 Å². The summed E-state index contributed by atoms with van der Waals surface area (Å²) < 4.78 is 0. The van der Waals surface area contributed by atoms with Crippen molar-refractivity contribution in [1.82, 2.24) is 24.9 Å². The monoisotopic (exact) mass is 574 g/mol. The van der Waals surface area contributed by atoms with Gasteiger partial charge in [0.15, 0.2) is 0 Å². The molecule has 42 heavy (non-hydrogen) atoms. The highest BCUT2D eigenvalue weighted by molar-refractivity contribution is 6.20. The van der Waals surface area contributed by atoms with Crippen LogP contribution in [0.2, 0.25) is 0 Å². The van der Waals surface area contributed by atoms with E-state index in [1.54, 1.807) is 16.8 Å². The number of amides is 5. The van der Waals surface area contributed by atoms with Gasteiger partial charge in [0.2, 0.25) is 12.3 Å². The molecule has 2 heterocycles. The topological polar surface area (TPSA) is 105 Å². The summed E-state index contributed by atoms with van der Waals surface area (Å²) in [6, 6.07) is 13.5. The number of fused-ring (bicyclic) bond motifs is 1. The first-order valence-corrected chi connectivity index (χ1v) is 14.6. The lowest BCUT2D eigenvalue weighted by Crippen LogP contribution is -2.51. The van der Waals surface area contributed by atoms with E-state index in [1.807, 2.05) is 68.3 Å². The largest absolute Gasteiger partial charge is 0.341 e. The first-order chi connectivity index (χ1) is 20.2. The second-order valence-corrected chi connectivity index (χ2v) is 11.0. The average molecular weight is 575 g/mol. The number of urea groups is 1. The number of benzene rings is 2. The van der Waals surface area contributed by atoms with Crippen molar-refractivity contribution >= 4 is 35.5 Å². The molecule has 0 bridgehead atoms. The van der Waals surface area contributed by atoms with Crippen molar-refractivity contribution in [3.63, 3.8) is 0 Å². The maximum absolute atomic E-state index is 13.5. The number of carbonyl (C=O) groups is 4. The average Bonchev–Trinajstić information content (AvgIpc) is 3.17. The minimum absolute atomic E-state index is 0.0344. The summed E-state index contributed by atoms with van der Waals surface area (Å²) in [5, 5.41) is 6.07. The Hall–Kier alpha value is -4.18. The predicted molar refractivity (Wildman–Crippen MR) is 164 cm³/mol. The van der Waals surface area contributed by atoms with Crippen LogP contribution in [0.3, 0.4) is 0 Å². The van der Waals surface area contributed by atoms with Crippen molar-refractivity contribution in [1.29, 1.82) is 0 Å². The Morgan fingerprint density at radius 2 is 1.81 bits per heavy atom. The molecule has 0 aromatic heterocycles. The van der Waals surface area contributed by atoms with Crippen LogP contribution in [0.15, 0.2) is 48.7 Å². The standard InChI is InChI=1S/C32H42N6O4/c1-23-8-7-10-27(24(23)2)28(31(41)35(4)19-15-33-3)20-36(22-39)21-30(40)37-16-13-26(14-17-37)38-18-12-25-9-5-6-11-29(25)34-32(38)42/h5-11,20,22,26,33H,12-19,21H2,1-4H3,(H,34,42)/b28-20-. The summed E-state index contributed by atoms with van der Waals surface area (Å²) in [6.45, 7) is 6.48. The second-order valence-electron chi connectivity index (χ2n) is 11.0. The predicted octanol–water partition coefficient (Wildman–Crippen LogP) is 2.86. The molecule has 0 spiro atoms. The number of nitrogens with zero attached hydrogens (tertiary/aromatic N) is 4. The van der Waals surface area contributed by atoms with E-state index < -0.39 is 0 Å². The minimum atomic E-state index is -0.225. The Bertz CT molecular complexity index is 1330. The molecule has 2 N–H and O–H groups in total. The van der Waals surface area contributed by atoms with Crippen LogP contribution in [-0.2, 0) is 20.8 Å². The Kier molecular flexibility index (Phi) is 10.4. The van der Waals surface area contributed by atoms with Crippen LogP contribution in [0, 0.1) is 13.8 Å². The fourth-order valence-corrected chi connectivity index (χ4v) is 5.57. The summed E-state index contributed by atoms with van der Waals surface area (Å²) in [6.07, 6.45) is 4.19. The van der Waals surface area contributed by atoms with Crippen molar-refractivity contribution < 1.29 is 19.2 Å². The molecule has 10 nitrogen and oxygen atoms in total. The number of carbonyl (C=O) groups excluding carboxylic acids is 4. The van der Waals surface area contributed by atoms with E-state index in [9.17, 15) is 19.2 Å². The maximum Gasteiger partial charge on any atom is 0.322 e. The van der Waals surface area contributed by atoms with Gasteiger partial charge in [0, 0.05) is 57.7 Å². The number of aryl methyl sites for hydroxylation is 1. The van der Waals surface area contributed by atoms with E-state index in [4.69, 9.17) is 0 Å². The third-order valence-corrected chi connectivity index (χ3v) is 8.32. The van der Waals surface area contributed by atoms with Gasteiger partial charge in [0.25, 0.3) is 5.91 Å². The van der Waals surface area contributed by atoms with E-state index in [0.717, 1.165) is 34.4 Å². The smallest absolute Gasteiger partial charge is 0.322 e. The highest BCUT2D eigenvalue weighted by atomic mass is 16.2. The van der Waals surface area contributed by atoms with E-state index in [-0.39, 0.29) is 30.4 Å². The number of rotatable bonds is 10. The van der Waals surface area contributed by atoms with Crippen LogP contribution >= 0.6 is 0 Å². The molecule has 0 aliphatic carbocycles. The SMILES string of the molecule is CNCCN(C)C(=O)/C(=C\N(C=O)CC(=O)N1CCC(N2CCc3ccccc3NC2=O)CC1)c1cccc(C)c1C. The van der Waals surface area contributed by atoms with Crippen molar-refractivity contribution in [3.8, 4) is 0 Å². The van der Waals surface area contributed by atoms with E-state index >= 15 is 0 Å². The fraction of sp³-hybridized carbons (Fsp3) is 0.438. The lowest BCUT2D eigenvalue weighted by Gasteiger charge is -2.38. The Morgan fingerprint density at radius 3 is 2.52 bits per heavy atom. The van der Waals surface area contributed by atoms with Gasteiger partial charge in [-0.3, -0.25) is 14.4 Å². The van der Waals surface area contributed by atoms with Crippen LogP contribution < -0.4 is 10.6 Å². The molecule has 2 aliphatic heterocycles. The van der Waals surface area contributed by atoms with Gasteiger partial charge < -0.3 is 30.2 Å². The molecule has 10 heteroatoms. The lowest BCUT2D eigenvalue weighted by atomic mass is 9.96. The van der Waals surface area contributed by atoms with Crippen molar-refractivity contribution in [2.75, 3.05) is 58.7 Å². The highest BCUT2D eigenvalue weighted by Gasteiger charge is 2.31. The molecule has 4 rings (SSSR count). The molecule has 1 saturated heterocycles. The molecule has 0 radical (unpaired) electrons. The van der Waals surface area contributed by atoms with Crippen LogP contribution in [0.5, 0.6) is 0 Å². The number of hydrogen-bond donors (Lipinski definition) is 2. The van der Waals surface area contributed by atoms with Gasteiger partial charge in [0.1, 0.15) is 6.54 Å². The number of anilines is 1. The highest BCUT2D eigenvalue weighted by Crippen LogP contribution is 2.26. The number of likely N-dealkylation sites (tertiary alicyclic amines) is 1. The van der Waals surface area contributed by atoms with Gasteiger partial charge in [-0.2, -0.15) is 0 Å². The Labute approximate surface area is 248 Å². The zero-order valence-corrected chi connectivity index (χ0v) is 25.1. The maximum atomic E-state index is 13.5. The molecular formula is C32H42N6O4. The number of nitrogens with one attached hydrogen (secondary N) is 2. The fourth-order valence-electron chi connectivity index (χ4n) is 5.57. The summed E-state index contributed by atoms with van der Waals surface area (Å²) in [5.74, 6) is -0.419. The minimum Gasteiger partial charge on any atom is -0.341 e. The van der Waals surface area contributed by atoms with Crippen molar-refractivity contribution in [2.45, 2.75) is 39.2 Å². The van der Waals surface area contributed by atoms with Gasteiger partial charge in [-0.15, -0.1) is 0 Å². The molecule has 224 valence electrons. The van der Waals surface area contributed by atoms with Gasteiger partial charge in [-0.1, -0.05) is 36.4 Å². The van der Waals surface area contributed by atoms with Crippen LogP contribution in [0.1, 0.15) is 35.1 Å². The Balaban J connectivity index is 1.43. The molecule has 2 aliphatic rings. The number of likely N-dealkylation sites (N-methyl/N-ethyl adjacent to an activating group) is 2. The lowest BCUT2D eigenvalue weighted by molar-refractivity contribution is -0.135. The van der Waals surface area contributed by atoms with E-state index in [0.29, 0.717) is 57.5 Å². The molecule has 0 atom stereocenters. The summed E-state index contributed by atoms with van der Waals surface area (Å²) in [4.78, 5) is 58.4. The molecular weight excluding hydrogens is 532 g/mol. The zero-order valence-electron chi connectivity index (χ0n) is 25.1. The molecule has 5 amide bonds. The summed E-state index contributed by atoms with van der Waals surface area (Å²) >= 11 is 0. The third-order valence-electron chi connectivity index (χ3n) is 8.32. The molecule has 1 fully saturated rings. The zero-order chi connectivity index (χ0) is 30.2. The van der Waals surface area contributed by atoms with Crippen LogP contribution in [0.25, 0.3) is 5.57 Å². The van der Waals surface area contributed by atoms with Gasteiger partial charge in [0.05, 0.1) is 5.57 Å². The normalized spacial score (nSPS) is 15.9. The Morgan fingerprint density at radius 1 is 1.07 bits per heavy atom. The number of para-hydroxylation sites is 1. The number of hydrogen-bond acceptors (Lipinski definition) is 5. The first kappa shape index (κ1) is 30.8. The third kappa shape index (κ3) is 7.17.